The van der Waals surface area contributed by atoms with Gasteiger partial charge < -0.3 is 10.1 Å². The molecule has 3 rings (SSSR count). The highest BCUT2D eigenvalue weighted by Crippen LogP contribution is 2.25. The Morgan fingerprint density at radius 1 is 1.12 bits per heavy atom. The number of nitrogens with one attached hydrogen (secondary N) is 1. The third-order valence-electron chi connectivity index (χ3n) is 4.94. The summed E-state index contributed by atoms with van der Waals surface area (Å²) < 4.78 is 6.62. The number of carbonyl (C=O) groups is 1. The zero-order valence-electron chi connectivity index (χ0n) is 18.0. The van der Waals surface area contributed by atoms with Crippen molar-refractivity contribution in [1.29, 1.82) is 5.26 Å². The van der Waals surface area contributed by atoms with Crippen molar-refractivity contribution in [2.45, 2.75) is 20.5 Å². The second-order valence-corrected chi connectivity index (χ2v) is 8.49. The van der Waals surface area contributed by atoms with E-state index in [1.165, 1.54) is 18.2 Å². The number of ether oxygens (including phenoxy) is 1. The lowest BCUT2D eigenvalue weighted by Gasteiger charge is -2.10. The fourth-order valence-electron chi connectivity index (χ4n) is 2.93. The molecule has 0 aliphatic rings. The minimum atomic E-state index is -0.478. The predicted molar refractivity (Wildman–Crippen MR) is 135 cm³/mol. The average molecular weight is 553 g/mol. The first-order valence-electron chi connectivity index (χ1n) is 9.93. The number of aryl methyl sites for hydroxylation is 2. The van der Waals surface area contributed by atoms with E-state index in [4.69, 9.17) is 4.74 Å². The fourth-order valence-corrected chi connectivity index (χ4v) is 3.63. The number of nitro groups is 1. The summed E-state index contributed by atoms with van der Waals surface area (Å²) in [4.78, 5) is 22.9. The molecular weight excluding hydrogens is 533 g/mol. The van der Waals surface area contributed by atoms with Gasteiger partial charge in [0.15, 0.2) is 0 Å². The van der Waals surface area contributed by atoms with E-state index >= 15 is 0 Å². The molecule has 1 amide bonds. The second-order valence-electron chi connectivity index (χ2n) is 7.33. The Hall–Kier alpha value is -3.71. The van der Waals surface area contributed by atoms with Gasteiger partial charge in [0.2, 0.25) is 0 Å². The highest BCUT2D eigenvalue weighted by atomic mass is 127. The topological polar surface area (TPSA) is 105 Å². The Morgan fingerprint density at radius 2 is 1.85 bits per heavy atom. The monoisotopic (exact) mass is 553 g/mol. The molecular formula is C25H20IN3O4. The van der Waals surface area contributed by atoms with E-state index in [2.05, 4.69) is 27.9 Å². The van der Waals surface area contributed by atoms with Crippen molar-refractivity contribution < 1.29 is 14.5 Å². The van der Waals surface area contributed by atoms with Gasteiger partial charge in [0.1, 0.15) is 24.0 Å². The Bertz CT molecular complexity index is 1280. The van der Waals surface area contributed by atoms with E-state index in [1.807, 2.05) is 38.1 Å². The van der Waals surface area contributed by atoms with Crippen LogP contribution in [0.15, 0.2) is 66.2 Å². The smallest absolute Gasteiger partial charge is 0.269 e. The number of rotatable bonds is 7. The van der Waals surface area contributed by atoms with Crippen molar-refractivity contribution in [2.24, 2.45) is 0 Å². The zero-order valence-corrected chi connectivity index (χ0v) is 20.1. The van der Waals surface area contributed by atoms with Gasteiger partial charge in [-0.2, -0.15) is 5.26 Å². The van der Waals surface area contributed by atoms with Crippen LogP contribution in [-0.4, -0.2) is 10.8 Å². The molecule has 8 heteroatoms. The molecule has 0 aromatic heterocycles. The van der Waals surface area contributed by atoms with Gasteiger partial charge in [-0.05, 0) is 101 Å². The number of hydrogen-bond donors (Lipinski definition) is 1. The largest absolute Gasteiger partial charge is 0.488 e. The lowest BCUT2D eigenvalue weighted by atomic mass is 10.1. The number of amides is 1. The van der Waals surface area contributed by atoms with Crippen LogP contribution in [0, 0.1) is 38.9 Å². The lowest BCUT2D eigenvalue weighted by Crippen LogP contribution is -2.13. The summed E-state index contributed by atoms with van der Waals surface area (Å²) in [6, 6.07) is 19.0. The van der Waals surface area contributed by atoms with Crippen LogP contribution < -0.4 is 10.1 Å². The van der Waals surface area contributed by atoms with Crippen molar-refractivity contribution in [3.05, 3.63) is 102 Å². The Morgan fingerprint density at radius 3 is 2.45 bits per heavy atom. The third kappa shape index (κ3) is 6.40. The first-order valence-corrected chi connectivity index (χ1v) is 11.0. The SMILES string of the molecule is Cc1ccc(NC(=O)/C(C#N)=C/c2ccc(OCc3ccc([N+](=O)[O-])cc3)c(I)c2)cc1C. The van der Waals surface area contributed by atoms with Crippen LogP contribution in [0.1, 0.15) is 22.3 Å². The normalized spacial score (nSPS) is 10.9. The quantitative estimate of drug-likeness (QED) is 0.128. The lowest BCUT2D eigenvalue weighted by molar-refractivity contribution is -0.384. The maximum atomic E-state index is 12.6. The summed E-state index contributed by atoms with van der Waals surface area (Å²) in [7, 11) is 0. The molecule has 33 heavy (non-hydrogen) atoms. The summed E-state index contributed by atoms with van der Waals surface area (Å²) >= 11 is 2.12. The Kier molecular flexibility index (Phi) is 7.79. The second kappa shape index (κ2) is 10.7. The molecule has 7 nitrogen and oxygen atoms in total. The molecule has 0 atom stereocenters. The van der Waals surface area contributed by atoms with Gasteiger partial charge in [-0.25, -0.2) is 0 Å². The maximum Gasteiger partial charge on any atom is 0.269 e. The fraction of sp³-hybridized carbons (Fsp3) is 0.120. The number of carbonyl (C=O) groups excluding carboxylic acids is 1. The van der Waals surface area contributed by atoms with Gasteiger partial charge >= 0.3 is 0 Å². The molecule has 0 saturated heterocycles. The van der Waals surface area contributed by atoms with Crippen LogP contribution in [0.2, 0.25) is 0 Å². The van der Waals surface area contributed by atoms with E-state index in [0.717, 1.165) is 20.3 Å². The molecule has 0 heterocycles. The first kappa shape index (κ1) is 23.9. The summed E-state index contributed by atoms with van der Waals surface area (Å²) in [5.74, 6) is 0.151. The number of benzene rings is 3. The van der Waals surface area contributed by atoms with Crippen LogP contribution in [-0.2, 0) is 11.4 Å². The first-order chi connectivity index (χ1) is 15.8. The number of halogens is 1. The molecule has 0 fully saturated rings. The van der Waals surface area contributed by atoms with Gasteiger partial charge in [0.05, 0.1) is 8.49 Å². The molecule has 0 saturated carbocycles. The molecule has 0 aliphatic heterocycles. The zero-order chi connectivity index (χ0) is 24.0. The molecule has 3 aromatic carbocycles. The van der Waals surface area contributed by atoms with E-state index in [1.54, 1.807) is 30.3 Å². The number of non-ortho nitro benzene ring substituents is 1. The molecule has 0 aliphatic carbocycles. The number of hydrogen-bond acceptors (Lipinski definition) is 5. The summed E-state index contributed by atoms with van der Waals surface area (Å²) in [5.41, 5.74) is 4.31. The van der Waals surface area contributed by atoms with Crippen molar-refractivity contribution >= 4 is 45.9 Å². The summed E-state index contributed by atoms with van der Waals surface area (Å²) in [5, 5.41) is 23.0. The van der Waals surface area contributed by atoms with Crippen molar-refractivity contribution in [1.82, 2.24) is 0 Å². The Balaban J connectivity index is 1.69. The molecule has 1 N–H and O–H groups in total. The van der Waals surface area contributed by atoms with Crippen LogP contribution in [0.3, 0.4) is 0 Å². The number of nitro benzene ring substituents is 1. The molecule has 166 valence electrons. The van der Waals surface area contributed by atoms with Crippen LogP contribution >= 0.6 is 22.6 Å². The highest BCUT2D eigenvalue weighted by Gasteiger charge is 2.11. The third-order valence-corrected chi connectivity index (χ3v) is 5.78. The van der Waals surface area contributed by atoms with E-state index in [-0.39, 0.29) is 17.9 Å². The van der Waals surface area contributed by atoms with Crippen LogP contribution in [0.4, 0.5) is 11.4 Å². The van der Waals surface area contributed by atoms with Crippen LogP contribution in [0.5, 0.6) is 5.75 Å². The van der Waals surface area contributed by atoms with Crippen LogP contribution in [0.25, 0.3) is 6.08 Å². The maximum absolute atomic E-state index is 12.6. The molecule has 0 radical (unpaired) electrons. The molecule has 0 spiro atoms. The molecule has 0 bridgehead atoms. The van der Waals surface area contributed by atoms with Gasteiger partial charge in [-0.15, -0.1) is 0 Å². The number of nitrogens with zero attached hydrogens (tertiary/aromatic N) is 2. The number of anilines is 1. The minimum absolute atomic E-state index is 0.0106. The minimum Gasteiger partial charge on any atom is -0.488 e. The molecule has 0 unspecified atom stereocenters. The standard InChI is InChI=1S/C25H20IN3O4/c1-16-3-7-21(11-17(16)2)28-25(30)20(14-27)12-19-6-10-24(23(26)13-19)33-15-18-4-8-22(9-5-18)29(31)32/h3-13H,15H2,1-2H3,(H,28,30)/b20-12+. The predicted octanol–water partition coefficient (Wildman–Crippen LogP) is 5.94. The Labute approximate surface area is 205 Å². The average Bonchev–Trinajstić information content (AvgIpc) is 2.79. The number of nitriles is 1. The van der Waals surface area contributed by atoms with Gasteiger partial charge in [-0.3, -0.25) is 14.9 Å². The van der Waals surface area contributed by atoms with E-state index in [0.29, 0.717) is 17.0 Å². The summed E-state index contributed by atoms with van der Waals surface area (Å²) in [6.45, 7) is 4.20. The van der Waals surface area contributed by atoms with Gasteiger partial charge in [-0.1, -0.05) is 12.1 Å². The van der Waals surface area contributed by atoms with Crippen molar-refractivity contribution in [2.75, 3.05) is 5.32 Å². The molecule has 3 aromatic rings. The summed E-state index contributed by atoms with van der Waals surface area (Å²) in [6.07, 6.45) is 1.53. The van der Waals surface area contributed by atoms with Crippen molar-refractivity contribution in [3.63, 3.8) is 0 Å². The van der Waals surface area contributed by atoms with E-state index in [9.17, 15) is 20.2 Å². The van der Waals surface area contributed by atoms with Crippen molar-refractivity contribution in [3.8, 4) is 11.8 Å². The highest BCUT2D eigenvalue weighted by molar-refractivity contribution is 14.1. The van der Waals surface area contributed by atoms with E-state index < -0.39 is 10.8 Å². The van der Waals surface area contributed by atoms with Gasteiger partial charge in [0.25, 0.3) is 11.6 Å². The van der Waals surface area contributed by atoms with Gasteiger partial charge in [0, 0.05) is 17.8 Å².